The minimum Gasteiger partial charge on any atom is -0.386 e. The van der Waals surface area contributed by atoms with E-state index in [-0.39, 0.29) is 0 Å². The quantitative estimate of drug-likeness (QED) is 0.173. The number of ether oxygens (including phenoxy) is 1. The van der Waals surface area contributed by atoms with Gasteiger partial charge in [0.15, 0.2) is 0 Å². The number of benzene rings is 5. The molecule has 5 aromatic carbocycles. The van der Waals surface area contributed by atoms with Gasteiger partial charge in [0.25, 0.3) is 0 Å². The van der Waals surface area contributed by atoms with Crippen molar-refractivity contribution < 1.29 is 14.3 Å². The molecule has 27 heavy (non-hydrogen) atoms. The summed E-state index contributed by atoms with van der Waals surface area (Å²) < 4.78 is 4.88. The lowest BCUT2D eigenvalue weighted by Gasteiger charge is -2.20. The highest BCUT2D eigenvalue weighted by Gasteiger charge is 2.29. The van der Waals surface area contributed by atoms with Gasteiger partial charge in [-0.2, -0.15) is 5.26 Å². The summed E-state index contributed by atoms with van der Waals surface area (Å²) in [5.74, 6) is -1.22. The smallest absolute Gasteiger partial charge is 0.346 e. The van der Waals surface area contributed by atoms with E-state index < -0.39 is 11.9 Å². The van der Waals surface area contributed by atoms with Crippen LogP contribution < -0.4 is 0 Å². The number of cyclic esters (lactones) is 2. The number of nitriles is 1. The molecule has 0 spiro atoms. The maximum Gasteiger partial charge on any atom is 0.346 e. The minimum absolute atomic E-state index is 0.412. The maximum atomic E-state index is 12.3. The highest BCUT2D eigenvalue weighted by atomic mass is 16.6. The Balaban J connectivity index is 2.00. The van der Waals surface area contributed by atoms with Gasteiger partial charge in [-0.3, -0.25) is 0 Å². The molecule has 6 rings (SSSR count). The van der Waals surface area contributed by atoms with Gasteiger partial charge in [-0.15, -0.1) is 0 Å². The van der Waals surface area contributed by atoms with Crippen LogP contribution in [-0.4, -0.2) is 11.9 Å². The maximum absolute atomic E-state index is 12.3. The topological polar surface area (TPSA) is 67.2 Å². The van der Waals surface area contributed by atoms with Crippen molar-refractivity contribution in [2.75, 3.05) is 0 Å². The third-order valence-electron chi connectivity index (χ3n) is 5.53. The van der Waals surface area contributed by atoms with Gasteiger partial charge in [-0.1, -0.05) is 36.4 Å². The van der Waals surface area contributed by atoms with E-state index in [0.717, 1.165) is 37.7 Å². The van der Waals surface area contributed by atoms with E-state index in [1.54, 1.807) is 12.1 Å². The van der Waals surface area contributed by atoms with E-state index in [0.29, 0.717) is 22.1 Å². The molecule has 0 radical (unpaired) electrons. The predicted octanol–water partition coefficient (Wildman–Crippen LogP) is 4.92. The predicted molar refractivity (Wildman–Crippen MR) is 102 cm³/mol. The summed E-state index contributed by atoms with van der Waals surface area (Å²) in [6.07, 6.45) is 0. The average Bonchev–Trinajstić information content (AvgIpc) is 2.70. The molecule has 1 heterocycles. The first-order chi connectivity index (χ1) is 13.2. The largest absolute Gasteiger partial charge is 0.386 e. The monoisotopic (exact) mass is 347 g/mol. The number of carbonyl (C=O) groups is 2. The third-order valence-corrected chi connectivity index (χ3v) is 5.53. The Labute approximate surface area is 152 Å². The van der Waals surface area contributed by atoms with Crippen LogP contribution in [0.25, 0.3) is 43.1 Å². The van der Waals surface area contributed by atoms with Gasteiger partial charge in [0.2, 0.25) is 0 Å². The fourth-order valence-corrected chi connectivity index (χ4v) is 4.43. The molecule has 4 heteroatoms. The summed E-state index contributed by atoms with van der Waals surface area (Å²) in [5, 5.41) is 16.9. The van der Waals surface area contributed by atoms with Crippen LogP contribution in [0.15, 0.2) is 54.6 Å². The summed E-state index contributed by atoms with van der Waals surface area (Å²) in [4.78, 5) is 24.5. The molecule has 0 unspecified atom stereocenters. The van der Waals surface area contributed by atoms with Gasteiger partial charge in [-0.25, -0.2) is 9.59 Å². The summed E-state index contributed by atoms with van der Waals surface area (Å²) in [6.45, 7) is 0. The first-order valence-corrected chi connectivity index (χ1v) is 8.52. The number of fused-ring (bicyclic) bond motifs is 2. The second-order valence-electron chi connectivity index (χ2n) is 6.75. The molecule has 1 aliphatic heterocycles. The van der Waals surface area contributed by atoms with E-state index >= 15 is 0 Å². The van der Waals surface area contributed by atoms with E-state index in [1.165, 1.54) is 0 Å². The normalized spacial score (nSPS) is 13.6. The van der Waals surface area contributed by atoms with E-state index in [4.69, 9.17) is 4.74 Å². The third kappa shape index (κ3) is 1.57. The highest BCUT2D eigenvalue weighted by Crippen LogP contribution is 2.43. The molecule has 0 aromatic heterocycles. The van der Waals surface area contributed by atoms with Crippen LogP contribution in [0.2, 0.25) is 0 Å². The fraction of sp³-hybridized carbons (Fsp3) is 0. The zero-order valence-corrected chi connectivity index (χ0v) is 13.9. The molecule has 0 amide bonds. The molecular weight excluding hydrogens is 338 g/mol. The Morgan fingerprint density at radius 3 is 1.85 bits per heavy atom. The van der Waals surface area contributed by atoms with Crippen molar-refractivity contribution >= 4 is 55.0 Å². The van der Waals surface area contributed by atoms with Crippen LogP contribution >= 0.6 is 0 Å². The Morgan fingerprint density at radius 2 is 1.19 bits per heavy atom. The number of hydrogen-bond donors (Lipinski definition) is 0. The Bertz CT molecular complexity index is 1470. The Morgan fingerprint density at radius 1 is 0.630 bits per heavy atom. The van der Waals surface area contributed by atoms with Gasteiger partial charge >= 0.3 is 11.9 Å². The van der Waals surface area contributed by atoms with Crippen molar-refractivity contribution in [2.24, 2.45) is 0 Å². The average molecular weight is 347 g/mol. The van der Waals surface area contributed by atoms with Crippen LogP contribution in [-0.2, 0) is 4.74 Å². The molecule has 4 nitrogen and oxygen atoms in total. The number of rotatable bonds is 0. The second-order valence-corrected chi connectivity index (χ2v) is 6.75. The summed E-state index contributed by atoms with van der Waals surface area (Å²) in [7, 11) is 0. The van der Waals surface area contributed by atoms with Crippen LogP contribution in [0.4, 0.5) is 0 Å². The van der Waals surface area contributed by atoms with Gasteiger partial charge in [0.1, 0.15) is 0 Å². The summed E-state index contributed by atoms with van der Waals surface area (Å²) >= 11 is 0. The SMILES string of the molecule is N#Cc1ccc2c3ccc4c5c(ccc(c6cccc1c62)c53)C(=O)OC4=O. The van der Waals surface area contributed by atoms with Crippen LogP contribution in [0.1, 0.15) is 26.3 Å². The standard InChI is InChI=1S/C23H9NO3/c24-10-11-4-5-14-16-7-9-18-21-17(22(25)27-23(18)26)8-6-15(20(16)21)13-3-1-2-12(11)19(13)14/h1-9H. The Kier molecular flexibility index (Phi) is 2.42. The molecule has 124 valence electrons. The van der Waals surface area contributed by atoms with E-state index in [1.807, 2.05) is 42.5 Å². The van der Waals surface area contributed by atoms with Gasteiger partial charge in [0.05, 0.1) is 22.8 Å². The summed E-state index contributed by atoms with van der Waals surface area (Å²) in [5.41, 5.74) is 1.45. The van der Waals surface area contributed by atoms with Crippen molar-refractivity contribution in [3.05, 3.63) is 71.3 Å². The lowest BCUT2D eigenvalue weighted by Crippen LogP contribution is -2.19. The number of hydrogen-bond acceptors (Lipinski definition) is 4. The molecule has 0 N–H and O–H groups in total. The lowest BCUT2D eigenvalue weighted by atomic mass is 9.85. The zero-order valence-electron chi connectivity index (χ0n) is 13.9. The van der Waals surface area contributed by atoms with Gasteiger partial charge < -0.3 is 4.74 Å². The molecule has 0 saturated heterocycles. The number of esters is 2. The molecule has 0 fully saturated rings. The molecule has 0 saturated carbocycles. The Hall–Kier alpha value is -3.97. The van der Waals surface area contributed by atoms with Crippen molar-refractivity contribution in [1.82, 2.24) is 0 Å². The number of nitrogens with zero attached hydrogens (tertiary/aromatic N) is 1. The van der Waals surface area contributed by atoms with Crippen LogP contribution in [0, 0.1) is 11.3 Å². The molecule has 5 aromatic rings. The zero-order chi connectivity index (χ0) is 18.3. The van der Waals surface area contributed by atoms with E-state index in [2.05, 4.69) is 6.07 Å². The van der Waals surface area contributed by atoms with E-state index in [9.17, 15) is 14.9 Å². The second kappa shape index (κ2) is 4.60. The molecular formula is C23H9NO3. The van der Waals surface area contributed by atoms with Crippen LogP contribution in [0.3, 0.4) is 0 Å². The first kappa shape index (κ1) is 14.2. The first-order valence-electron chi connectivity index (χ1n) is 8.52. The van der Waals surface area contributed by atoms with Gasteiger partial charge in [0, 0.05) is 10.8 Å². The number of carbonyl (C=O) groups excluding carboxylic acids is 2. The molecule has 0 bridgehead atoms. The lowest BCUT2D eigenvalue weighted by molar-refractivity contribution is 0.0391. The van der Waals surface area contributed by atoms with Crippen molar-refractivity contribution in [3.8, 4) is 6.07 Å². The van der Waals surface area contributed by atoms with Crippen molar-refractivity contribution in [1.29, 1.82) is 5.26 Å². The molecule has 1 aliphatic rings. The molecule has 0 atom stereocenters. The van der Waals surface area contributed by atoms with Gasteiger partial charge in [-0.05, 0) is 50.5 Å². The fourth-order valence-electron chi connectivity index (χ4n) is 4.43. The van der Waals surface area contributed by atoms with Crippen molar-refractivity contribution in [2.45, 2.75) is 0 Å². The minimum atomic E-state index is -0.611. The highest BCUT2D eigenvalue weighted by molar-refractivity contribution is 6.37. The van der Waals surface area contributed by atoms with Crippen molar-refractivity contribution in [3.63, 3.8) is 0 Å². The summed E-state index contributed by atoms with van der Waals surface area (Å²) in [6, 6.07) is 19.2. The van der Waals surface area contributed by atoms with Crippen LogP contribution in [0.5, 0.6) is 0 Å². The molecule has 0 aliphatic carbocycles.